The second-order valence-electron chi connectivity index (χ2n) is 28.6. The molecule has 5 aliphatic heterocycles. The second kappa shape index (κ2) is 29.7. The molecule has 0 radical (unpaired) electrons. The number of amides is 2. The third kappa shape index (κ3) is 14.3. The number of carbonyl (C=O) groups is 2. The maximum atomic E-state index is 16.3. The number of nitriles is 1. The molecule has 3 N–H and O–H groups in total. The largest absolute Gasteiger partial charge is 0.496 e. The molecule has 3 aromatic heterocycles. The van der Waals surface area contributed by atoms with Crippen LogP contribution in [0.5, 0.6) is 11.5 Å². The van der Waals surface area contributed by atoms with Crippen LogP contribution < -0.4 is 24.6 Å². The number of piperazine rings is 4. The van der Waals surface area contributed by atoms with Gasteiger partial charge in [-0.1, -0.05) is 63.2 Å². The van der Waals surface area contributed by atoms with Gasteiger partial charge in [0, 0.05) is 198 Å². The molecule has 6 aliphatic rings. The summed E-state index contributed by atoms with van der Waals surface area (Å²) >= 11 is 0. The van der Waals surface area contributed by atoms with Crippen molar-refractivity contribution in [3.05, 3.63) is 166 Å². The number of fused-ring (bicyclic) bond motifs is 4. The first-order chi connectivity index (χ1) is 47.7. The van der Waals surface area contributed by atoms with Gasteiger partial charge in [0.05, 0.1) is 37.4 Å². The van der Waals surface area contributed by atoms with Crippen LogP contribution in [0.2, 0.25) is 0 Å². The van der Waals surface area contributed by atoms with E-state index in [4.69, 9.17) is 19.3 Å². The Morgan fingerprint density at radius 2 is 1.45 bits per heavy atom. The van der Waals surface area contributed by atoms with E-state index in [1.807, 2.05) is 32.4 Å². The minimum atomic E-state index is -0.673. The first kappa shape index (κ1) is 66.9. The Balaban J connectivity index is 0.773. The molecule has 19 nitrogen and oxygen atoms in total. The van der Waals surface area contributed by atoms with E-state index in [1.54, 1.807) is 17.9 Å². The van der Waals surface area contributed by atoms with Crippen LogP contribution in [0.25, 0.3) is 21.8 Å². The van der Waals surface area contributed by atoms with Crippen LogP contribution >= 0.6 is 0 Å². The Bertz CT molecular complexity index is 4150. The molecule has 2 amide bonds. The molecule has 0 spiro atoms. The molecule has 0 bridgehead atoms. The average Bonchev–Trinajstić information content (AvgIpc) is 0.808. The van der Waals surface area contributed by atoms with Crippen molar-refractivity contribution in [2.45, 2.75) is 122 Å². The molecule has 1 aliphatic carbocycles. The zero-order chi connectivity index (χ0) is 67.6. The summed E-state index contributed by atoms with van der Waals surface area (Å²) in [6, 6.07) is 37.0. The molecule has 6 atom stereocenters. The Labute approximate surface area is 576 Å². The molecule has 8 heterocycles. The van der Waals surface area contributed by atoms with Crippen LogP contribution in [0.3, 0.4) is 0 Å². The normalized spacial score (nSPS) is 21.0. The predicted molar refractivity (Wildman–Crippen MR) is 383 cm³/mol. The van der Waals surface area contributed by atoms with Gasteiger partial charge < -0.3 is 44.2 Å². The summed E-state index contributed by atoms with van der Waals surface area (Å²) in [5, 5.41) is 21.6. The number of aromatic nitrogens is 4. The van der Waals surface area contributed by atoms with E-state index in [-0.39, 0.29) is 55.0 Å². The Morgan fingerprint density at radius 3 is 2.13 bits per heavy atom. The van der Waals surface area contributed by atoms with E-state index < -0.39 is 12.1 Å². The smallest absolute Gasteiger partial charge is 0.244 e. The van der Waals surface area contributed by atoms with Crippen molar-refractivity contribution in [1.82, 2.24) is 49.1 Å². The summed E-state index contributed by atoms with van der Waals surface area (Å²) in [6.45, 7) is 21.2. The standard InChI is InChI=1S/C78H97FN14O5/c1-52(2)56-17-20-72(96-6)60(42-56)48-87-29-33-91(34-30-87)78(95)53(3)13-19-71-74(75(77(94)83-73-41-54(4)84-85(73)5)90-37-35-89(36-38-90)70-12-8-10-68-66(70)22-25-82-68)93(40-39-92(71)49-61-44-63(79)45-62-50-97-51-98-76(61)62)64-18-16-55-14-15-57(43-59(55)46-64)58(47-80)23-26-86-27-31-88(32-28-86)69-11-7-9-67-65(69)21-24-81-67/h7-12,14-15,17,20-22,24-25,41-45,52-53,58,64,71,74-75,81-82H,13,16,18-19,23,26-40,46,48-51H2,1-6H3,(H,83,94)/t53?,58?,64?,71-,74?,75?/m0/s1. The number of anilines is 3. The molecular formula is C78H97FN14O5. The quantitative estimate of drug-likeness (QED) is 0.0620. The highest BCUT2D eigenvalue weighted by molar-refractivity contribution is 5.96. The van der Waals surface area contributed by atoms with Crippen LogP contribution in [-0.2, 0) is 53.9 Å². The molecule has 4 saturated heterocycles. The van der Waals surface area contributed by atoms with Gasteiger partial charge in [-0.05, 0) is 135 Å². The highest BCUT2D eigenvalue weighted by Gasteiger charge is 2.50. The number of nitrogens with zero attached hydrogens (tertiary/aromatic N) is 11. The summed E-state index contributed by atoms with van der Waals surface area (Å²) in [5.41, 5.74) is 13.0. The first-order valence-electron chi connectivity index (χ1n) is 35.8. The topological polar surface area (TPSA) is 173 Å². The van der Waals surface area contributed by atoms with Gasteiger partial charge in [0.1, 0.15) is 29.2 Å². The fraction of sp³-hybridized carbons (Fsp3) is 0.487. The Hall–Kier alpha value is -8.29. The van der Waals surface area contributed by atoms with Crippen molar-refractivity contribution in [2.75, 3.05) is 127 Å². The number of methoxy groups -OCH3 is 1. The van der Waals surface area contributed by atoms with Crippen molar-refractivity contribution >= 4 is 50.8 Å². The number of benzene rings is 5. The van der Waals surface area contributed by atoms with E-state index in [0.717, 1.165) is 117 Å². The fourth-order valence-corrected chi connectivity index (χ4v) is 16.9. The van der Waals surface area contributed by atoms with E-state index in [2.05, 4.69) is 166 Å². The van der Waals surface area contributed by atoms with E-state index >= 15 is 14.0 Å². The Morgan fingerprint density at radius 1 is 0.745 bits per heavy atom. The van der Waals surface area contributed by atoms with Gasteiger partial charge in [-0.3, -0.25) is 38.8 Å². The summed E-state index contributed by atoms with van der Waals surface area (Å²) in [5.74, 6) is 1.65. The van der Waals surface area contributed by atoms with Crippen LogP contribution in [0.15, 0.2) is 116 Å². The first-order valence-corrected chi connectivity index (χ1v) is 35.8. The number of carbonyl (C=O) groups excluding carboxylic acids is 2. The van der Waals surface area contributed by atoms with Gasteiger partial charge in [-0.25, -0.2) is 4.39 Å². The van der Waals surface area contributed by atoms with Crippen LogP contribution in [0, 0.1) is 30.0 Å². The third-order valence-corrected chi connectivity index (χ3v) is 22.3. The Kier molecular flexibility index (Phi) is 20.2. The maximum Gasteiger partial charge on any atom is 0.244 e. The molecule has 98 heavy (non-hydrogen) atoms. The second-order valence-corrected chi connectivity index (χ2v) is 28.6. The van der Waals surface area contributed by atoms with Crippen molar-refractivity contribution in [1.29, 1.82) is 5.26 Å². The van der Waals surface area contributed by atoms with Gasteiger partial charge in [0.2, 0.25) is 11.8 Å². The fourth-order valence-electron chi connectivity index (χ4n) is 16.9. The van der Waals surface area contributed by atoms with Crippen molar-refractivity contribution in [3.8, 4) is 17.6 Å². The summed E-state index contributed by atoms with van der Waals surface area (Å²) in [7, 11) is 3.61. The number of H-pyrrole nitrogens is 2. The molecular weight excluding hydrogens is 1230 g/mol. The number of rotatable bonds is 21. The highest BCUT2D eigenvalue weighted by Crippen LogP contribution is 2.40. The lowest BCUT2D eigenvalue weighted by atomic mass is 9.80. The zero-order valence-electron chi connectivity index (χ0n) is 58.0. The maximum absolute atomic E-state index is 16.3. The third-order valence-electron chi connectivity index (χ3n) is 22.3. The van der Waals surface area contributed by atoms with E-state index in [0.29, 0.717) is 94.8 Å². The SMILES string of the molecule is COc1ccc(C(C)C)cc1CN1CCN(C(=O)C(C)CC[C@H]2C(C(C(=O)Nc3cc(C)nn3C)N3CCN(c4cccc5[nH]ccc45)CC3)N(C3CCc4ccc(C(C#N)CCN5CCN(c6cccc7[nH]ccc67)CC5)cc4C3)CCN2Cc2cc(F)cc3c2OCOC3)CC1. The molecule has 20 heteroatoms. The molecule has 5 aromatic carbocycles. The summed E-state index contributed by atoms with van der Waals surface area (Å²) < 4.78 is 35.6. The molecule has 8 aromatic rings. The van der Waals surface area contributed by atoms with Gasteiger partial charge in [-0.2, -0.15) is 10.4 Å². The van der Waals surface area contributed by atoms with Crippen molar-refractivity contribution < 1.29 is 28.2 Å². The van der Waals surface area contributed by atoms with Crippen molar-refractivity contribution in [3.63, 3.8) is 0 Å². The number of halogens is 1. The molecule has 4 fully saturated rings. The van der Waals surface area contributed by atoms with Crippen molar-refractivity contribution in [2.24, 2.45) is 13.0 Å². The van der Waals surface area contributed by atoms with Gasteiger partial charge >= 0.3 is 0 Å². The van der Waals surface area contributed by atoms with Crippen LogP contribution in [0.4, 0.5) is 21.6 Å². The molecule has 516 valence electrons. The minimum Gasteiger partial charge on any atom is -0.496 e. The number of nitrogens with one attached hydrogen (secondary N) is 3. The molecule has 5 unspecified atom stereocenters. The molecule has 14 rings (SSSR count). The predicted octanol–water partition coefficient (Wildman–Crippen LogP) is 10.7. The van der Waals surface area contributed by atoms with Gasteiger partial charge in [-0.15, -0.1) is 0 Å². The van der Waals surface area contributed by atoms with Crippen LogP contribution in [-0.4, -0.2) is 197 Å². The highest BCUT2D eigenvalue weighted by atomic mass is 19.1. The number of ether oxygens (including phenoxy) is 3. The van der Waals surface area contributed by atoms with E-state index in [1.165, 1.54) is 44.9 Å². The lowest BCUT2D eigenvalue weighted by Crippen LogP contribution is -2.71. The number of aryl methyl sites for hydroxylation is 3. The van der Waals surface area contributed by atoms with E-state index in [9.17, 15) is 5.26 Å². The number of aromatic amines is 2. The lowest BCUT2D eigenvalue weighted by Gasteiger charge is -2.55. The monoisotopic (exact) mass is 1330 g/mol. The average molecular weight is 1330 g/mol. The number of hydrogen-bond acceptors (Lipinski definition) is 14. The van der Waals surface area contributed by atoms with Gasteiger partial charge in [0.15, 0.2) is 6.79 Å². The molecule has 0 saturated carbocycles. The number of hydrogen-bond donors (Lipinski definition) is 3. The van der Waals surface area contributed by atoms with Gasteiger partial charge in [0.25, 0.3) is 0 Å². The summed E-state index contributed by atoms with van der Waals surface area (Å²) in [6.07, 6.45) is 8.42. The minimum absolute atomic E-state index is 0.0358. The summed E-state index contributed by atoms with van der Waals surface area (Å²) in [4.78, 5) is 57.7. The lowest BCUT2D eigenvalue weighted by molar-refractivity contribution is -0.138. The zero-order valence-corrected chi connectivity index (χ0v) is 58.0. The van der Waals surface area contributed by atoms with Crippen LogP contribution in [0.1, 0.15) is 103 Å².